The van der Waals surface area contributed by atoms with Gasteiger partial charge in [-0.3, -0.25) is 0 Å². The van der Waals surface area contributed by atoms with E-state index < -0.39 is 0 Å². The number of likely N-dealkylation sites (tertiary alicyclic amines) is 1. The molecule has 0 aliphatic carbocycles. The summed E-state index contributed by atoms with van der Waals surface area (Å²) in [5, 5.41) is 14.5. The van der Waals surface area contributed by atoms with Gasteiger partial charge in [0.15, 0.2) is 11.5 Å². The number of nitriles is 1. The van der Waals surface area contributed by atoms with Gasteiger partial charge in [0.2, 0.25) is 0 Å². The zero-order valence-corrected chi connectivity index (χ0v) is 21.5. The molecule has 1 saturated heterocycles. The van der Waals surface area contributed by atoms with E-state index in [4.69, 9.17) is 42.4 Å². The van der Waals surface area contributed by atoms with Crippen molar-refractivity contribution in [2.24, 2.45) is 5.92 Å². The second-order valence-electron chi connectivity index (χ2n) is 8.57. The van der Waals surface area contributed by atoms with Gasteiger partial charge in [0.1, 0.15) is 17.6 Å². The molecule has 35 heavy (non-hydrogen) atoms. The van der Waals surface area contributed by atoms with Crippen LogP contribution in [0.1, 0.15) is 25.3 Å². The Morgan fingerprint density at radius 3 is 2.49 bits per heavy atom. The zero-order chi connectivity index (χ0) is 24.9. The second kappa shape index (κ2) is 11.2. The van der Waals surface area contributed by atoms with Crippen molar-refractivity contribution in [3.05, 3.63) is 45.9 Å². The number of anilines is 2. The van der Waals surface area contributed by atoms with Gasteiger partial charge in [-0.05, 0) is 64.0 Å². The molecule has 0 spiro atoms. The largest absolute Gasteiger partial charge is 0.495 e. The lowest BCUT2D eigenvalue weighted by atomic mass is 9.98. The second-order valence-corrected chi connectivity index (χ2v) is 9.38. The number of fused-ring (bicyclic) bond motifs is 1. The van der Waals surface area contributed by atoms with E-state index in [0.29, 0.717) is 69.0 Å². The molecule has 0 atom stereocenters. The summed E-state index contributed by atoms with van der Waals surface area (Å²) in [5.74, 6) is 2.63. The first-order valence-electron chi connectivity index (χ1n) is 11.5. The number of nitrogens with one attached hydrogen (secondary N) is 1. The van der Waals surface area contributed by atoms with Gasteiger partial charge >= 0.3 is 0 Å². The van der Waals surface area contributed by atoms with Crippen LogP contribution in [0.15, 0.2) is 30.3 Å². The number of hydrogen-bond donors (Lipinski definition) is 1. The van der Waals surface area contributed by atoms with Crippen LogP contribution in [-0.4, -0.2) is 50.3 Å². The number of aromatic nitrogens is 1. The quantitative estimate of drug-likeness (QED) is 0.378. The lowest BCUT2D eigenvalue weighted by molar-refractivity contribution is 0.156. The molecule has 2 heterocycles. The summed E-state index contributed by atoms with van der Waals surface area (Å²) in [6, 6.07) is 11.0. The molecule has 2 aromatic carbocycles. The van der Waals surface area contributed by atoms with Crippen LogP contribution in [-0.2, 0) is 0 Å². The maximum atomic E-state index is 9.78. The summed E-state index contributed by atoms with van der Waals surface area (Å²) in [6.07, 6.45) is 2.22. The number of methoxy groups -OCH3 is 1. The van der Waals surface area contributed by atoms with Gasteiger partial charge in [0.05, 0.1) is 47.1 Å². The van der Waals surface area contributed by atoms with Crippen molar-refractivity contribution >= 4 is 45.6 Å². The minimum atomic E-state index is 0.366. The number of pyridine rings is 1. The van der Waals surface area contributed by atoms with Crippen LogP contribution in [0.5, 0.6) is 17.2 Å². The molecule has 0 unspecified atom stereocenters. The SMILES string of the molecule is CCOc1cc2cc(C#N)c(Nc3cc(OC)c(Cl)cc3Cl)nc2cc1OCC1CCN(C)CC1. The highest BCUT2D eigenvalue weighted by Gasteiger charge is 2.19. The van der Waals surface area contributed by atoms with Gasteiger partial charge in [-0.1, -0.05) is 23.2 Å². The van der Waals surface area contributed by atoms with E-state index in [9.17, 15) is 5.26 Å². The van der Waals surface area contributed by atoms with Crippen molar-refractivity contribution < 1.29 is 14.2 Å². The highest BCUT2D eigenvalue weighted by molar-refractivity contribution is 6.37. The molecule has 1 aliphatic heterocycles. The molecule has 1 N–H and O–H groups in total. The average Bonchev–Trinajstić information content (AvgIpc) is 2.85. The Bertz CT molecular complexity index is 1250. The van der Waals surface area contributed by atoms with E-state index in [-0.39, 0.29) is 0 Å². The Hall–Kier alpha value is -2.92. The van der Waals surface area contributed by atoms with Crippen molar-refractivity contribution in [2.75, 3.05) is 45.8 Å². The fourth-order valence-corrected chi connectivity index (χ4v) is 4.60. The fraction of sp³-hybridized carbons (Fsp3) is 0.385. The lowest BCUT2D eigenvalue weighted by Crippen LogP contribution is -2.32. The molecule has 0 radical (unpaired) electrons. The molecule has 4 rings (SSSR count). The van der Waals surface area contributed by atoms with Gasteiger partial charge in [-0.15, -0.1) is 0 Å². The van der Waals surface area contributed by atoms with Gasteiger partial charge in [-0.2, -0.15) is 5.26 Å². The Kier molecular flexibility index (Phi) is 8.07. The highest BCUT2D eigenvalue weighted by atomic mass is 35.5. The monoisotopic (exact) mass is 514 g/mol. The Labute approximate surface area is 215 Å². The fourth-order valence-electron chi connectivity index (χ4n) is 4.09. The molecule has 1 fully saturated rings. The van der Waals surface area contributed by atoms with Gasteiger partial charge in [-0.25, -0.2) is 4.98 Å². The number of halogens is 2. The Balaban J connectivity index is 1.67. The van der Waals surface area contributed by atoms with Gasteiger partial charge in [0.25, 0.3) is 0 Å². The number of hydrogen-bond acceptors (Lipinski definition) is 7. The molecular formula is C26H28Cl2N4O3. The minimum Gasteiger partial charge on any atom is -0.495 e. The predicted molar refractivity (Wildman–Crippen MR) is 140 cm³/mol. The van der Waals surface area contributed by atoms with Crippen LogP contribution in [0.2, 0.25) is 10.0 Å². The average molecular weight is 515 g/mol. The van der Waals surface area contributed by atoms with Crippen LogP contribution in [0.4, 0.5) is 11.5 Å². The smallest absolute Gasteiger partial charge is 0.163 e. The lowest BCUT2D eigenvalue weighted by Gasteiger charge is -2.29. The van der Waals surface area contributed by atoms with Crippen molar-refractivity contribution in [2.45, 2.75) is 19.8 Å². The molecule has 0 bridgehead atoms. The molecule has 3 aromatic rings. The molecule has 0 amide bonds. The maximum absolute atomic E-state index is 9.78. The Morgan fingerprint density at radius 1 is 1.06 bits per heavy atom. The zero-order valence-electron chi connectivity index (χ0n) is 20.0. The third-order valence-corrected chi connectivity index (χ3v) is 6.72. The number of piperidine rings is 1. The molecule has 7 nitrogen and oxygen atoms in total. The van der Waals surface area contributed by atoms with E-state index in [2.05, 4.69) is 23.3 Å². The third kappa shape index (κ3) is 5.84. The topological polar surface area (TPSA) is 79.6 Å². The number of benzene rings is 2. The van der Waals surface area contributed by atoms with E-state index in [1.165, 1.54) is 7.11 Å². The van der Waals surface area contributed by atoms with E-state index >= 15 is 0 Å². The molecule has 184 valence electrons. The van der Waals surface area contributed by atoms with Crippen LogP contribution in [0.3, 0.4) is 0 Å². The Morgan fingerprint density at radius 2 is 1.80 bits per heavy atom. The molecule has 0 saturated carbocycles. The molecular weight excluding hydrogens is 487 g/mol. The highest BCUT2D eigenvalue weighted by Crippen LogP contribution is 2.38. The normalized spacial score (nSPS) is 14.5. The minimum absolute atomic E-state index is 0.366. The summed E-state index contributed by atoms with van der Waals surface area (Å²) < 4.78 is 17.4. The summed E-state index contributed by atoms with van der Waals surface area (Å²) in [5.41, 5.74) is 1.57. The first-order chi connectivity index (χ1) is 16.9. The summed E-state index contributed by atoms with van der Waals surface area (Å²) in [7, 11) is 3.67. The van der Waals surface area contributed by atoms with Crippen molar-refractivity contribution in [1.82, 2.24) is 9.88 Å². The van der Waals surface area contributed by atoms with Crippen molar-refractivity contribution in [3.8, 4) is 23.3 Å². The standard InChI is InChI=1S/C26H28Cl2N4O3/c1-4-34-24-10-17-9-18(14-29)26(31-22-13-23(33-3)20(28)11-19(22)27)30-21(17)12-25(24)35-15-16-5-7-32(2)8-6-16/h9-13,16H,4-8,15H2,1-3H3,(H,30,31). The van der Waals surface area contributed by atoms with Crippen LogP contribution < -0.4 is 19.5 Å². The van der Waals surface area contributed by atoms with Gasteiger partial charge < -0.3 is 24.4 Å². The van der Waals surface area contributed by atoms with Crippen LogP contribution >= 0.6 is 23.2 Å². The van der Waals surface area contributed by atoms with Crippen molar-refractivity contribution in [1.29, 1.82) is 5.26 Å². The molecule has 1 aromatic heterocycles. The van der Waals surface area contributed by atoms with E-state index in [1.54, 1.807) is 18.2 Å². The number of nitrogens with zero attached hydrogens (tertiary/aromatic N) is 3. The molecule has 1 aliphatic rings. The third-order valence-electron chi connectivity index (χ3n) is 6.11. The maximum Gasteiger partial charge on any atom is 0.163 e. The van der Waals surface area contributed by atoms with Crippen LogP contribution in [0, 0.1) is 17.2 Å². The summed E-state index contributed by atoms with van der Waals surface area (Å²) in [6.45, 7) is 5.22. The summed E-state index contributed by atoms with van der Waals surface area (Å²) >= 11 is 12.5. The predicted octanol–water partition coefficient (Wildman–Crippen LogP) is 6.28. The summed E-state index contributed by atoms with van der Waals surface area (Å²) in [4.78, 5) is 7.06. The first-order valence-corrected chi connectivity index (χ1v) is 12.3. The molecule has 9 heteroatoms. The number of rotatable bonds is 8. The number of ether oxygens (including phenoxy) is 3. The van der Waals surface area contributed by atoms with Crippen molar-refractivity contribution in [3.63, 3.8) is 0 Å². The first kappa shape index (κ1) is 25.2. The van der Waals surface area contributed by atoms with Gasteiger partial charge in [0, 0.05) is 17.5 Å². The van der Waals surface area contributed by atoms with Crippen LogP contribution in [0.25, 0.3) is 10.9 Å². The van der Waals surface area contributed by atoms with E-state index in [0.717, 1.165) is 31.3 Å². The van der Waals surface area contributed by atoms with E-state index in [1.807, 2.05) is 19.1 Å².